The fourth-order valence-electron chi connectivity index (χ4n) is 2.08. The van der Waals surface area contributed by atoms with Crippen LogP contribution in [0.3, 0.4) is 0 Å². The second kappa shape index (κ2) is 7.22. The predicted molar refractivity (Wildman–Crippen MR) is 84.4 cm³/mol. The summed E-state index contributed by atoms with van der Waals surface area (Å²) in [4.78, 5) is 0. The first kappa shape index (κ1) is 14.8. The van der Waals surface area contributed by atoms with Crippen molar-refractivity contribution in [1.29, 1.82) is 0 Å². The Kier molecular flexibility index (Phi) is 5.33. The molecule has 2 unspecified atom stereocenters. The molecule has 0 aliphatic heterocycles. The van der Waals surface area contributed by atoms with Gasteiger partial charge in [0.2, 0.25) is 0 Å². The van der Waals surface area contributed by atoms with Crippen LogP contribution in [0.4, 0.5) is 0 Å². The lowest BCUT2D eigenvalue weighted by atomic mass is 10.0. The van der Waals surface area contributed by atoms with Gasteiger partial charge < -0.3 is 10.4 Å². The molecule has 2 N–H and O–H groups in total. The van der Waals surface area contributed by atoms with Gasteiger partial charge in [-0.15, -0.1) is 0 Å². The molecule has 0 aromatic heterocycles. The van der Waals surface area contributed by atoms with E-state index in [1.165, 1.54) is 16.7 Å². The molecule has 2 atom stereocenters. The Morgan fingerprint density at radius 2 is 1.50 bits per heavy atom. The van der Waals surface area contributed by atoms with Gasteiger partial charge in [0.1, 0.15) is 0 Å². The minimum absolute atomic E-state index is 0.223. The van der Waals surface area contributed by atoms with E-state index in [0.717, 1.165) is 6.54 Å². The van der Waals surface area contributed by atoms with E-state index in [2.05, 4.69) is 67.7 Å². The highest BCUT2D eigenvalue weighted by Gasteiger charge is 2.09. The Balaban J connectivity index is 1.95. The van der Waals surface area contributed by atoms with E-state index in [0.29, 0.717) is 6.04 Å². The third kappa shape index (κ3) is 3.92. The van der Waals surface area contributed by atoms with Crippen molar-refractivity contribution < 1.29 is 5.11 Å². The number of aliphatic hydroxyl groups excluding tert-OH is 1. The van der Waals surface area contributed by atoms with Gasteiger partial charge in [0.05, 0.1) is 0 Å². The molecule has 0 aliphatic carbocycles. The van der Waals surface area contributed by atoms with Gasteiger partial charge in [0.15, 0.2) is 0 Å². The Morgan fingerprint density at radius 1 is 0.900 bits per heavy atom. The van der Waals surface area contributed by atoms with Gasteiger partial charge in [-0.1, -0.05) is 61.5 Å². The van der Waals surface area contributed by atoms with Gasteiger partial charge in [-0.05, 0) is 29.5 Å². The maximum atomic E-state index is 9.12. The van der Waals surface area contributed by atoms with E-state index in [1.807, 2.05) is 6.07 Å². The van der Waals surface area contributed by atoms with Crippen LogP contribution in [0.25, 0.3) is 11.1 Å². The average molecular weight is 269 g/mol. The zero-order valence-corrected chi connectivity index (χ0v) is 12.2. The van der Waals surface area contributed by atoms with Gasteiger partial charge in [-0.2, -0.15) is 0 Å². The van der Waals surface area contributed by atoms with Crippen molar-refractivity contribution in [3.63, 3.8) is 0 Å². The molecule has 2 nitrogen and oxygen atoms in total. The summed E-state index contributed by atoms with van der Waals surface area (Å²) in [7, 11) is 0. The topological polar surface area (TPSA) is 32.3 Å². The summed E-state index contributed by atoms with van der Waals surface area (Å²) in [6.45, 7) is 5.22. The molecule has 106 valence electrons. The second-order valence-electron chi connectivity index (χ2n) is 5.39. The van der Waals surface area contributed by atoms with Crippen molar-refractivity contribution in [2.75, 3.05) is 6.61 Å². The van der Waals surface area contributed by atoms with E-state index in [4.69, 9.17) is 5.11 Å². The lowest BCUT2D eigenvalue weighted by molar-refractivity contribution is 0.207. The summed E-state index contributed by atoms with van der Waals surface area (Å²) < 4.78 is 0. The van der Waals surface area contributed by atoms with Crippen molar-refractivity contribution in [3.8, 4) is 11.1 Å². The molecule has 2 heteroatoms. The van der Waals surface area contributed by atoms with Crippen LogP contribution in [-0.4, -0.2) is 17.8 Å². The Bertz CT molecular complexity index is 507. The van der Waals surface area contributed by atoms with Crippen LogP contribution in [-0.2, 0) is 6.54 Å². The van der Waals surface area contributed by atoms with Gasteiger partial charge in [0, 0.05) is 19.2 Å². The highest BCUT2D eigenvalue weighted by molar-refractivity contribution is 5.63. The fraction of sp³-hybridized carbons (Fsp3) is 0.333. The molecular weight excluding hydrogens is 246 g/mol. The molecule has 0 fully saturated rings. The normalized spacial score (nSPS) is 13.9. The van der Waals surface area contributed by atoms with Crippen molar-refractivity contribution in [1.82, 2.24) is 5.32 Å². The summed E-state index contributed by atoms with van der Waals surface area (Å²) in [5.41, 5.74) is 3.75. The second-order valence-corrected chi connectivity index (χ2v) is 5.39. The van der Waals surface area contributed by atoms with Crippen LogP contribution in [0.15, 0.2) is 54.6 Å². The monoisotopic (exact) mass is 269 g/mol. The Hall–Kier alpha value is -1.64. The SMILES string of the molecule is CC(CO)C(C)NCc1ccc(-c2ccccc2)cc1. The fourth-order valence-corrected chi connectivity index (χ4v) is 2.08. The number of nitrogens with one attached hydrogen (secondary N) is 1. The highest BCUT2D eigenvalue weighted by Crippen LogP contribution is 2.19. The smallest absolute Gasteiger partial charge is 0.0471 e. The Morgan fingerprint density at radius 3 is 2.10 bits per heavy atom. The van der Waals surface area contributed by atoms with Crippen LogP contribution in [0.5, 0.6) is 0 Å². The third-order valence-electron chi connectivity index (χ3n) is 3.83. The number of rotatable bonds is 6. The van der Waals surface area contributed by atoms with Gasteiger partial charge in [-0.3, -0.25) is 0 Å². The van der Waals surface area contributed by atoms with Gasteiger partial charge in [0.25, 0.3) is 0 Å². The first-order valence-corrected chi connectivity index (χ1v) is 7.19. The summed E-state index contributed by atoms with van der Waals surface area (Å²) in [5, 5.41) is 12.6. The average Bonchev–Trinajstić information content (AvgIpc) is 2.53. The molecule has 0 heterocycles. The molecule has 0 aliphatic rings. The van der Waals surface area contributed by atoms with Crippen molar-refractivity contribution in [3.05, 3.63) is 60.2 Å². The van der Waals surface area contributed by atoms with Gasteiger partial charge >= 0.3 is 0 Å². The highest BCUT2D eigenvalue weighted by atomic mass is 16.3. The predicted octanol–water partition coefficient (Wildman–Crippen LogP) is 3.46. The molecule has 20 heavy (non-hydrogen) atoms. The number of benzene rings is 2. The van der Waals surface area contributed by atoms with E-state index >= 15 is 0 Å². The van der Waals surface area contributed by atoms with Crippen molar-refractivity contribution >= 4 is 0 Å². The first-order valence-electron chi connectivity index (χ1n) is 7.19. The number of hydrogen-bond donors (Lipinski definition) is 2. The molecule has 0 radical (unpaired) electrons. The molecule has 0 spiro atoms. The molecule has 2 aromatic carbocycles. The van der Waals surface area contributed by atoms with E-state index in [9.17, 15) is 0 Å². The zero-order chi connectivity index (χ0) is 14.4. The van der Waals surface area contributed by atoms with Crippen LogP contribution < -0.4 is 5.32 Å². The van der Waals surface area contributed by atoms with Crippen LogP contribution in [0.1, 0.15) is 19.4 Å². The van der Waals surface area contributed by atoms with Crippen LogP contribution in [0, 0.1) is 5.92 Å². The molecule has 0 amide bonds. The van der Waals surface area contributed by atoms with Crippen molar-refractivity contribution in [2.24, 2.45) is 5.92 Å². The minimum Gasteiger partial charge on any atom is -0.396 e. The minimum atomic E-state index is 0.223. The van der Waals surface area contributed by atoms with Crippen molar-refractivity contribution in [2.45, 2.75) is 26.4 Å². The molecule has 0 bridgehead atoms. The summed E-state index contributed by atoms with van der Waals surface area (Å²) in [6, 6.07) is 19.3. The Labute approximate surface area is 121 Å². The summed E-state index contributed by atoms with van der Waals surface area (Å²) in [6.07, 6.45) is 0. The van der Waals surface area contributed by atoms with Crippen LogP contribution in [0.2, 0.25) is 0 Å². The zero-order valence-electron chi connectivity index (χ0n) is 12.2. The van der Waals surface area contributed by atoms with Crippen LogP contribution >= 0.6 is 0 Å². The third-order valence-corrected chi connectivity index (χ3v) is 3.83. The van der Waals surface area contributed by atoms with E-state index < -0.39 is 0 Å². The molecular formula is C18H23NO. The quantitative estimate of drug-likeness (QED) is 0.841. The molecule has 2 rings (SSSR count). The maximum Gasteiger partial charge on any atom is 0.0471 e. The van der Waals surface area contributed by atoms with E-state index in [-0.39, 0.29) is 12.5 Å². The molecule has 0 saturated carbocycles. The first-order chi connectivity index (χ1) is 9.70. The lowest BCUT2D eigenvalue weighted by Crippen LogP contribution is -2.33. The summed E-state index contributed by atoms with van der Waals surface area (Å²) in [5.74, 6) is 0.276. The summed E-state index contributed by atoms with van der Waals surface area (Å²) >= 11 is 0. The lowest BCUT2D eigenvalue weighted by Gasteiger charge is -2.19. The largest absolute Gasteiger partial charge is 0.396 e. The number of hydrogen-bond acceptors (Lipinski definition) is 2. The molecule has 2 aromatic rings. The number of aliphatic hydroxyl groups is 1. The maximum absolute atomic E-state index is 9.12. The molecule has 0 saturated heterocycles. The van der Waals surface area contributed by atoms with E-state index in [1.54, 1.807) is 0 Å². The standard InChI is InChI=1S/C18H23NO/c1-14(13-20)15(2)19-12-16-8-10-18(11-9-16)17-6-4-3-5-7-17/h3-11,14-15,19-20H,12-13H2,1-2H3. The van der Waals surface area contributed by atoms with Gasteiger partial charge in [-0.25, -0.2) is 0 Å².